The van der Waals surface area contributed by atoms with Gasteiger partial charge in [-0.3, -0.25) is 4.79 Å². The van der Waals surface area contributed by atoms with E-state index in [1.807, 2.05) is 0 Å². The molecule has 0 aromatic heterocycles. The first kappa shape index (κ1) is 10.8. The first-order valence-corrected chi connectivity index (χ1v) is 5.00. The average molecular weight is 195 g/mol. The Morgan fingerprint density at radius 3 is 2.50 bits per heavy atom. The van der Waals surface area contributed by atoms with Crippen molar-refractivity contribution in [1.29, 1.82) is 5.41 Å². The van der Waals surface area contributed by atoms with Gasteiger partial charge in [0.15, 0.2) is 0 Å². The fraction of sp³-hybridized carbons (Fsp3) is 0.600. The molecule has 0 radical (unpaired) electrons. The van der Waals surface area contributed by atoms with Gasteiger partial charge in [0, 0.05) is 18.5 Å². The molecule has 4 N–H and O–H groups in total. The van der Waals surface area contributed by atoms with Crippen LogP contribution in [0.2, 0.25) is 0 Å². The maximum absolute atomic E-state index is 10.8. The third-order valence-corrected chi connectivity index (χ3v) is 2.52. The summed E-state index contributed by atoms with van der Waals surface area (Å²) in [7, 11) is 0. The molecule has 0 aromatic carbocycles. The van der Waals surface area contributed by atoms with Crippen LogP contribution < -0.4 is 11.1 Å². The molecule has 1 fully saturated rings. The van der Waals surface area contributed by atoms with Gasteiger partial charge < -0.3 is 16.5 Å². The number of nitrogens with two attached hydrogens (primary N) is 1. The first-order valence-electron chi connectivity index (χ1n) is 5.00. The smallest absolute Gasteiger partial charge is 0.251 e. The van der Waals surface area contributed by atoms with Gasteiger partial charge in [-0.2, -0.15) is 0 Å². The highest BCUT2D eigenvalue weighted by Crippen LogP contribution is 2.17. The summed E-state index contributed by atoms with van der Waals surface area (Å²) in [6, 6.07) is 0.443. The van der Waals surface area contributed by atoms with E-state index in [-0.39, 0.29) is 5.57 Å². The van der Waals surface area contributed by atoms with Crippen LogP contribution in [0.1, 0.15) is 32.1 Å². The molecule has 1 aliphatic carbocycles. The van der Waals surface area contributed by atoms with Gasteiger partial charge in [-0.05, 0) is 12.8 Å². The second-order valence-electron chi connectivity index (χ2n) is 3.61. The quantitative estimate of drug-likeness (QED) is 0.461. The van der Waals surface area contributed by atoms with Crippen molar-refractivity contribution >= 4 is 12.1 Å². The van der Waals surface area contributed by atoms with Crippen molar-refractivity contribution in [3.8, 4) is 0 Å². The number of rotatable bonds is 4. The van der Waals surface area contributed by atoms with Gasteiger partial charge in [0.2, 0.25) is 0 Å². The molecule has 14 heavy (non-hydrogen) atoms. The van der Waals surface area contributed by atoms with Crippen LogP contribution in [0.15, 0.2) is 11.8 Å². The summed E-state index contributed by atoms with van der Waals surface area (Å²) in [5, 5.41) is 10.1. The van der Waals surface area contributed by atoms with E-state index in [0.717, 1.165) is 19.1 Å². The largest absolute Gasteiger partial charge is 0.387 e. The fourth-order valence-corrected chi connectivity index (χ4v) is 1.66. The van der Waals surface area contributed by atoms with Crippen molar-refractivity contribution in [1.82, 2.24) is 5.32 Å². The van der Waals surface area contributed by atoms with E-state index < -0.39 is 5.91 Å². The molecule has 0 aliphatic heterocycles. The molecule has 0 aromatic rings. The maximum atomic E-state index is 10.8. The number of primary amides is 1. The monoisotopic (exact) mass is 195 g/mol. The summed E-state index contributed by atoms with van der Waals surface area (Å²) in [6.45, 7) is 0. The summed E-state index contributed by atoms with van der Waals surface area (Å²) >= 11 is 0. The molecule has 0 spiro atoms. The standard InChI is InChI=1S/C10H17N3O/c11-6-8(10(12)14)7-13-9-4-2-1-3-5-9/h6-7,9,11,13H,1-5H2,(H2,12,14)/b8-7+,11-6?. The zero-order valence-electron chi connectivity index (χ0n) is 8.25. The third-order valence-electron chi connectivity index (χ3n) is 2.52. The Hall–Kier alpha value is -1.32. The van der Waals surface area contributed by atoms with Crippen LogP contribution in [-0.4, -0.2) is 18.2 Å². The summed E-state index contributed by atoms with van der Waals surface area (Å²) in [5.41, 5.74) is 5.30. The van der Waals surface area contributed by atoms with Crippen LogP contribution in [0.3, 0.4) is 0 Å². The summed E-state index contributed by atoms with van der Waals surface area (Å²) in [6.07, 6.45) is 8.60. The Balaban J connectivity index is 2.42. The lowest BCUT2D eigenvalue weighted by molar-refractivity contribution is -0.114. The molecule has 1 aliphatic rings. The SMILES string of the molecule is N=C/C(=C\NC1CCCCC1)C(N)=O. The van der Waals surface area contributed by atoms with Gasteiger partial charge in [0.25, 0.3) is 5.91 Å². The van der Waals surface area contributed by atoms with Crippen LogP contribution in [-0.2, 0) is 4.79 Å². The van der Waals surface area contributed by atoms with Crippen LogP contribution in [0.4, 0.5) is 0 Å². The van der Waals surface area contributed by atoms with Crippen LogP contribution in [0.5, 0.6) is 0 Å². The normalized spacial score (nSPS) is 19.0. The highest BCUT2D eigenvalue weighted by molar-refractivity contribution is 6.10. The van der Waals surface area contributed by atoms with Crippen LogP contribution in [0, 0.1) is 5.41 Å². The molecule has 0 unspecified atom stereocenters. The van der Waals surface area contributed by atoms with E-state index in [1.165, 1.54) is 19.3 Å². The molecule has 4 heteroatoms. The summed E-state index contributed by atoms with van der Waals surface area (Å²) in [4.78, 5) is 10.8. The van der Waals surface area contributed by atoms with Crippen molar-refractivity contribution in [2.75, 3.05) is 0 Å². The Bertz CT molecular complexity index is 242. The minimum atomic E-state index is -0.552. The molecule has 1 saturated carbocycles. The zero-order valence-corrected chi connectivity index (χ0v) is 8.25. The number of nitrogens with one attached hydrogen (secondary N) is 2. The topological polar surface area (TPSA) is 79.0 Å². The average Bonchev–Trinajstić information content (AvgIpc) is 2.20. The molecule has 4 nitrogen and oxygen atoms in total. The lowest BCUT2D eigenvalue weighted by atomic mass is 9.96. The number of carbonyl (C=O) groups excluding carboxylic acids is 1. The highest BCUT2D eigenvalue weighted by Gasteiger charge is 2.11. The van der Waals surface area contributed by atoms with Gasteiger partial charge in [0.1, 0.15) is 0 Å². The Labute approximate surface area is 84.1 Å². The number of hydrogen-bond donors (Lipinski definition) is 3. The van der Waals surface area contributed by atoms with E-state index >= 15 is 0 Å². The molecule has 0 atom stereocenters. The molecule has 0 heterocycles. The zero-order chi connectivity index (χ0) is 10.4. The second kappa shape index (κ2) is 5.42. The molecular formula is C10H17N3O. The van der Waals surface area contributed by atoms with Crippen molar-refractivity contribution in [3.05, 3.63) is 11.8 Å². The minimum Gasteiger partial charge on any atom is -0.387 e. The lowest BCUT2D eigenvalue weighted by Gasteiger charge is -2.21. The summed E-state index contributed by atoms with van der Waals surface area (Å²) < 4.78 is 0. The van der Waals surface area contributed by atoms with Gasteiger partial charge >= 0.3 is 0 Å². The molecule has 1 rings (SSSR count). The van der Waals surface area contributed by atoms with Gasteiger partial charge in [0.05, 0.1) is 5.57 Å². The molecule has 78 valence electrons. The van der Waals surface area contributed by atoms with Gasteiger partial charge in [-0.25, -0.2) is 0 Å². The predicted octanol–water partition coefficient (Wildman–Crippen LogP) is 0.927. The van der Waals surface area contributed by atoms with Crippen molar-refractivity contribution in [2.45, 2.75) is 38.1 Å². The maximum Gasteiger partial charge on any atom is 0.251 e. The third kappa shape index (κ3) is 3.20. The highest BCUT2D eigenvalue weighted by atomic mass is 16.1. The number of carbonyl (C=O) groups is 1. The molecular weight excluding hydrogens is 178 g/mol. The predicted molar refractivity (Wildman–Crippen MR) is 56.1 cm³/mol. The van der Waals surface area contributed by atoms with E-state index in [0.29, 0.717) is 6.04 Å². The van der Waals surface area contributed by atoms with Crippen molar-refractivity contribution in [2.24, 2.45) is 5.73 Å². The van der Waals surface area contributed by atoms with Crippen molar-refractivity contribution in [3.63, 3.8) is 0 Å². The molecule has 1 amide bonds. The van der Waals surface area contributed by atoms with Gasteiger partial charge in [-0.15, -0.1) is 0 Å². The lowest BCUT2D eigenvalue weighted by Crippen LogP contribution is -2.28. The van der Waals surface area contributed by atoms with E-state index in [9.17, 15) is 4.79 Å². The fourth-order valence-electron chi connectivity index (χ4n) is 1.66. The summed E-state index contributed by atoms with van der Waals surface area (Å²) in [5.74, 6) is -0.552. The first-order chi connectivity index (χ1) is 6.74. The Morgan fingerprint density at radius 2 is 2.00 bits per heavy atom. The Morgan fingerprint density at radius 1 is 1.36 bits per heavy atom. The molecule has 0 bridgehead atoms. The van der Waals surface area contributed by atoms with Gasteiger partial charge in [-0.1, -0.05) is 19.3 Å². The minimum absolute atomic E-state index is 0.232. The second-order valence-corrected chi connectivity index (χ2v) is 3.61. The van der Waals surface area contributed by atoms with Crippen LogP contribution in [0.25, 0.3) is 0 Å². The van der Waals surface area contributed by atoms with Crippen LogP contribution >= 0.6 is 0 Å². The Kier molecular flexibility index (Phi) is 4.16. The van der Waals surface area contributed by atoms with Crippen molar-refractivity contribution < 1.29 is 4.79 Å². The van der Waals surface area contributed by atoms with E-state index in [1.54, 1.807) is 6.20 Å². The number of hydrogen-bond acceptors (Lipinski definition) is 3. The number of amides is 1. The molecule has 0 saturated heterocycles. The van der Waals surface area contributed by atoms with E-state index in [2.05, 4.69) is 5.32 Å². The van der Waals surface area contributed by atoms with E-state index in [4.69, 9.17) is 11.1 Å².